The summed E-state index contributed by atoms with van der Waals surface area (Å²) in [5.74, 6) is 1.33. The molecule has 16 heavy (non-hydrogen) atoms. The SMILES string of the molecule is COc1cc(OC)c2cc(C#N)cnc2c1. The normalized spacial score (nSPS) is 9.81. The summed E-state index contributed by atoms with van der Waals surface area (Å²) in [7, 11) is 3.16. The van der Waals surface area contributed by atoms with Gasteiger partial charge in [-0.2, -0.15) is 5.26 Å². The summed E-state index contributed by atoms with van der Waals surface area (Å²) < 4.78 is 10.4. The number of pyridine rings is 1. The molecule has 0 aliphatic heterocycles. The number of hydrogen-bond acceptors (Lipinski definition) is 4. The Balaban J connectivity index is 2.75. The first kappa shape index (κ1) is 10.2. The van der Waals surface area contributed by atoms with Crippen molar-refractivity contribution in [2.24, 2.45) is 0 Å². The number of ether oxygens (including phenoxy) is 2. The highest BCUT2D eigenvalue weighted by atomic mass is 16.5. The molecule has 4 heteroatoms. The summed E-state index contributed by atoms with van der Waals surface area (Å²) in [6.07, 6.45) is 1.53. The van der Waals surface area contributed by atoms with Crippen LogP contribution in [-0.4, -0.2) is 19.2 Å². The molecule has 2 rings (SSSR count). The predicted octanol–water partition coefficient (Wildman–Crippen LogP) is 2.12. The van der Waals surface area contributed by atoms with E-state index in [1.807, 2.05) is 6.07 Å². The molecule has 1 aromatic heterocycles. The minimum atomic E-state index is 0.510. The average molecular weight is 214 g/mol. The van der Waals surface area contributed by atoms with Gasteiger partial charge in [-0.25, -0.2) is 0 Å². The third-order valence-electron chi connectivity index (χ3n) is 2.32. The largest absolute Gasteiger partial charge is 0.497 e. The van der Waals surface area contributed by atoms with E-state index in [4.69, 9.17) is 14.7 Å². The fourth-order valence-corrected chi connectivity index (χ4v) is 1.52. The first-order valence-electron chi connectivity index (χ1n) is 4.70. The summed E-state index contributed by atoms with van der Waals surface area (Å²) >= 11 is 0. The molecule has 0 amide bonds. The minimum Gasteiger partial charge on any atom is -0.497 e. The van der Waals surface area contributed by atoms with Crippen LogP contribution in [0.15, 0.2) is 24.4 Å². The van der Waals surface area contributed by atoms with Crippen molar-refractivity contribution in [3.63, 3.8) is 0 Å². The highest BCUT2D eigenvalue weighted by molar-refractivity contribution is 5.87. The second-order valence-electron chi connectivity index (χ2n) is 3.23. The van der Waals surface area contributed by atoms with Crippen LogP contribution in [0.3, 0.4) is 0 Å². The predicted molar refractivity (Wildman–Crippen MR) is 59.6 cm³/mol. The molecular weight excluding hydrogens is 204 g/mol. The number of rotatable bonds is 2. The van der Waals surface area contributed by atoms with E-state index in [1.54, 1.807) is 32.4 Å². The second kappa shape index (κ2) is 4.07. The fourth-order valence-electron chi connectivity index (χ4n) is 1.52. The van der Waals surface area contributed by atoms with Crippen molar-refractivity contribution < 1.29 is 9.47 Å². The van der Waals surface area contributed by atoms with Crippen LogP contribution in [0.2, 0.25) is 0 Å². The molecule has 0 radical (unpaired) electrons. The monoisotopic (exact) mass is 214 g/mol. The van der Waals surface area contributed by atoms with Crippen LogP contribution in [-0.2, 0) is 0 Å². The quantitative estimate of drug-likeness (QED) is 0.768. The lowest BCUT2D eigenvalue weighted by Gasteiger charge is -2.07. The van der Waals surface area contributed by atoms with Crippen molar-refractivity contribution in [2.75, 3.05) is 14.2 Å². The summed E-state index contributed by atoms with van der Waals surface area (Å²) in [6.45, 7) is 0. The Kier molecular flexibility index (Phi) is 2.61. The van der Waals surface area contributed by atoms with Gasteiger partial charge in [0.05, 0.1) is 25.3 Å². The highest BCUT2D eigenvalue weighted by Gasteiger charge is 2.07. The van der Waals surface area contributed by atoms with Gasteiger partial charge in [-0.05, 0) is 6.07 Å². The van der Waals surface area contributed by atoms with Gasteiger partial charge in [0.25, 0.3) is 0 Å². The lowest BCUT2D eigenvalue weighted by molar-refractivity contribution is 0.398. The molecule has 0 spiro atoms. The van der Waals surface area contributed by atoms with Gasteiger partial charge in [0.2, 0.25) is 0 Å². The number of nitriles is 1. The standard InChI is InChI=1S/C12H10N2O2/c1-15-9-4-11-10(12(5-9)16-2)3-8(6-13)7-14-11/h3-5,7H,1-2H3. The van der Waals surface area contributed by atoms with Crippen LogP contribution < -0.4 is 9.47 Å². The minimum absolute atomic E-state index is 0.510. The van der Waals surface area contributed by atoms with Gasteiger partial charge in [0.15, 0.2) is 0 Å². The molecule has 0 saturated heterocycles. The Labute approximate surface area is 93.0 Å². The Morgan fingerprint density at radius 1 is 1.19 bits per heavy atom. The summed E-state index contributed by atoms with van der Waals surface area (Å²) in [5.41, 5.74) is 1.26. The smallest absolute Gasteiger partial charge is 0.131 e. The first-order chi connectivity index (χ1) is 7.78. The van der Waals surface area contributed by atoms with E-state index in [-0.39, 0.29) is 0 Å². The Hall–Kier alpha value is -2.28. The van der Waals surface area contributed by atoms with Crippen molar-refractivity contribution in [2.45, 2.75) is 0 Å². The van der Waals surface area contributed by atoms with Gasteiger partial charge in [0.1, 0.15) is 17.6 Å². The number of aromatic nitrogens is 1. The van der Waals surface area contributed by atoms with Crippen LogP contribution in [0.4, 0.5) is 0 Å². The Morgan fingerprint density at radius 3 is 2.62 bits per heavy atom. The van der Waals surface area contributed by atoms with Crippen molar-refractivity contribution >= 4 is 10.9 Å². The van der Waals surface area contributed by atoms with Crippen molar-refractivity contribution in [1.29, 1.82) is 5.26 Å². The van der Waals surface area contributed by atoms with E-state index >= 15 is 0 Å². The molecule has 1 aromatic carbocycles. The lowest BCUT2D eigenvalue weighted by Crippen LogP contribution is -1.91. The molecule has 0 bridgehead atoms. The van der Waals surface area contributed by atoms with Crippen LogP contribution in [0.25, 0.3) is 10.9 Å². The zero-order valence-electron chi connectivity index (χ0n) is 9.02. The molecule has 0 atom stereocenters. The molecular formula is C12H10N2O2. The van der Waals surface area contributed by atoms with Crippen LogP contribution >= 0.6 is 0 Å². The van der Waals surface area contributed by atoms with E-state index < -0.39 is 0 Å². The van der Waals surface area contributed by atoms with Crippen molar-refractivity contribution in [3.8, 4) is 17.6 Å². The average Bonchev–Trinajstić information content (AvgIpc) is 2.36. The van der Waals surface area contributed by atoms with E-state index in [0.717, 1.165) is 10.9 Å². The molecule has 0 saturated carbocycles. The summed E-state index contributed by atoms with van der Waals surface area (Å²) in [6, 6.07) is 7.37. The molecule has 1 heterocycles. The van der Waals surface area contributed by atoms with Crippen LogP contribution in [0.5, 0.6) is 11.5 Å². The summed E-state index contributed by atoms with van der Waals surface area (Å²) in [4.78, 5) is 4.19. The van der Waals surface area contributed by atoms with Gasteiger partial charge >= 0.3 is 0 Å². The second-order valence-corrected chi connectivity index (χ2v) is 3.23. The topological polar surface area (TPSA) is 55.1 Å². The van der Waals surface area contributed by atoms with E-state index in [9.17, 15) is 0 Å². The fraction of sp³-hybridized carbons (Fsp3) is 0.167. The molecule has 0 N–H and O–H groups in total. The van der Waals surface area contributed by atoms with Crippen LogP contribution in [0, 0.1) is 11.3 Å². The number of hydrogen-bond donors (Lipinski definition) is 0. The van der Waals surface area contributed by atoms with Gasteiger partial charge < -0.3 is 9.47 Å². The van der Waals surface area contributed by atoms with Gasteiger partial charge in [-0.1, -0.05) is 0 Å². The molecule has 0 fully saturated rings. The van der Waals surface area contributed by atoms with E-state index in [2.05, 4.69) is 4.98 Å². The maximum Gasteiger partial charge on any atom is 0.131 e. The zero-order chi connectivity index (χ0) is 11.5. The van der Waals surface area contributed by atoms with Crippen molar-refractivity contribution in [3.05, 3.63) is 30.0 Å². The summed E-state index contributed by atoms with van der Waals surface area (Å²) in [5, 5.41) is 9.61. The van der Waals surface area contributed by atoms with Gasteiger partial charge in [-0.15, -0.1) is 0 Å². The third kappa shape index (κ3) is 1.63. The Morgan fingerprint density at radius 2 is 2.00 bits per heavy atom. The number of benzene rings is 1. The number of methoxy groups -OCH3 is 2. The zero-order valence-corrected chi connectivity index (χ0v) is 9.02. The number of nitrogens with zero attached hydrogens (tertiary/aromatic N) is 2. The first-order valence-corrected chi connectivity index (χ1v) is 4.70. The van der Waals surface area contributed by atoms with E-state index in [1.165, 1.54) is 6.20 Å². The van der Waals surface area contributed by atoms with Crippen LogP contribution in [0.1, 0.15) is 5.56 Å². The highest BCUT2D eigenvalue weighted by Crippen LogP contribution is 2.30. The molecule has 0 aliphatic carbocycles. The third-order valence-corrected chi connectivity index (χ3v) is 2.32. The number of fused-ring (bicyclic) bond motifs is 1. The Bertz CT molecular complexity index is 573. The molecule has 2 aromatic rings. The van der Waals surface area contributed by atoms with E-state index in [0.29, 0.717) is 17.1 Å². The maximum absolute atomic E-state index is 8.81. The van der Waals surface area contributed by atoms with Crippen molar-refractivity contribution in [1.82, 2.24) is 4.98 Å². The van der Waals surface area contributed by atoms with Gasteiger partial charge in [0, 0.05) is 23.7 Å². The lowest BCUT2D eigenvalue weighted by atomic mass is 10.1. The molecule has 0 aliphatic rings. The van der Waals surface area contributed by atoms with Gasteiger partial charge in [-0.3, -0.25) is 4.98 Å². The molecule has 4 nitrogen and oxygen atoms in total. The molecule has 0 unspecified atom stereocenters. The molecule has 80 valence electrons. The maximum atomic E-state index is 8.81.